The molecule has 0 spiro atoms. The summed E-state index contributed by atoms with van der Waals surface area (Å²) in [6.07, 6.45) is 0. The molecule has 0 aromatic heterocycles. The zero-order chi connectivity index (χ0) is 17.8. The van der Waals surface area contributed by atoms with Crippen LogP contribution >= 0.6 is 27.5 Å². The molecule has 1 saturated heterocycles. The zero-order valence-electron chi connectivity index (χ0n) is 14.5. The maximum Gasteiger partial charge on any atom is 0.136 e. The number of nitrogens with zero attached hydrogens (tertiary/aromatic N) is 2. The van der Waals surface area contributed by atoms with E-state index < -0.39 is 0 Å². The van der Waals surface area contributed by atoms with E-state index in [-0.39, 0.29) is 0 Å². The van der Waals surface area contributed by atoms with E-state index in [0.29, 0.717) is 0 Å². The molecule has 0 saturated carbocycles. The molecular formula is C19H22BrClN2O2. The van der Waals surface area contributed by atoms with Crippen molar-refractivity contribution < 1.29 is 9.47 Å². The number of rotatable bonds is 5. The highest BCUT2D eigenvalue weighted by atomic mass is 79.9. The molecule has 0 radical (unpaired) electrons. The van der Waals surface area contributed by atoms with Gasteiger partial charge in [0, 0.05) is 44.4 Å². The molecule has 1 fully saturated rings. The highest BCUT2D eigenvalue weighted by Crippen LogP contribution is 2.34. The molecule has 25 heavy (non-hydrogen) atoms. The lowest BCUT2D eigenvalue weighted by atomic mass is 10.1. The van der Waals surface area contributed by atoms with Crippen LogP contribution in [0.25, 0.3) is 0 Å². The largest absolute Gasteiger partial charge is 0.496 e. The molecular weight excluding hydrogens is 404 g/mol. The summed E-state index contributed by atoms with van der Waals surface area (Å²) in [5.41, 5.74) is 2.27. The minimum absolute atomic E-state index is 0.782. The highest BCUT2D eigenvalue weighted by molar-refractivity contribution is 9.10. The van der Waals surface area contributed by atoms with Gasteiger partial charge < -0.3 is 14.4 Å². The molecule has 2 aromatic carbocycles. The van der Waals surface area contributed by atoms with Gasteiger partial charge in [-0.05, 0) is 34.1 Å². The van der Waals surface area contributed by atoms with Crippen LogP contribution in [-0.2, 0) is 6.54 Å². The van der Waals surface area contributed by atoms with Crippen LogP contribution in [0, 0.1) is 0 Å². The molecule has 0 N–H and O–H groups in total. The van der Waals surface area contributed by atoms with Crippen molar-refractivity contribution in [3.8, 4) is 11.5 Å². The molecule has 0 atom stereocenters. The fourth-order valence-electron chi connectivity index (χ4n) is 3.14. The number of anilines is 1. The lowest BCUT2D eigenvalue weighted by molar-refractivity contribution is 0.246. The van der Waals surface area contributed by atoms with Crippen LogP contribution in [0.15, 0.2) is 40.9 Å². The first-order valence-electron chi connectivity index (χ1n) is 8.24. The Morgan fingerprint density at radius 1 is 1.00 bits per heavy atom. The topological polar surface area (TPSA) is 24.9 Å². The van der Waals surface area contributed by atoms with Gasteiger partial charge in [0.25, 0.3) is 0 Å². The number of benzene rings is 2. The van der Waals surface area contributed by atoms with Crippen molar-refractivity contribution in [3.05, 3.63) is 51.5 Å². The van der Waals surface area contributed by atoms with Crippen molar-refractivity contribution >= 4 is 33.2 Å². The maximum absolute atomic E-state index is 6.32. The molecule has 134 valence electrons. The van der Waals surface area contributed by atoms with Gasteiger partial charge in [-0.1, -0.05) is 23.7 Å². The standard InChI is InChI=1S/C19H22BrClN2O2/c1-24-18-12-19(25-2)15(20)11-14(18)13-22-7-9-23(10-8-22)17-6-4-3-5-16(17)21/h3-6,11-12H,7-10,13H2,1-2H3. The number of ether oxygens (including phenoxy) is 2. The summed E-state index contributed by atoms with van der Waals surface area (Å²) >= 11 is 9.88. The third-order valence-electron chi connectivity index (χ3n) is 4.51. The fourth-order valence-corrected chi connectivity index (χ4v) is 3.95. The number of halogens is 2. The first-order valence-corrected chi connectivity index (χ1v) is 9.41. The first kappa shape index (κ1) is 18.4. The van der Waals surface area contributed by atoms with Gasteiger partial charge in [-0.3, -0.25) is 4.90 Å². The van der Waals surface area contributed by atoms with E-state index in [1.165, 1.54) is 0 Å². The predicted molar refractivity (Wildman–Crippen MR) is 106 cm³/mol. The lowest BCUT2D eigenvalue weighted by Crippen LogP contribution is -2.46. The van der Waals surface area contributed by atoms with Gasteiger partial charge in [0.15, 0.2) is 0 Å². The smallest absolute Gasteiger partial charge is 0.136 e. The minimum atomic E-state index is 0.782. The Labute approximate surface area is 162 Å². The van der Waals surface area contributed by atoms with Crippen LogP contribution in [0.1, 0.15) is 5.56 Å². The Hall–Kier alpha value is -1.43. The Morgan fingerprint density at radius 3 is 2.32 bits per heavy atom. The monoisotopic (exact) mass is 424 g/mol. The summed E-state index contributed by atoms with van der Waals surface area (Å²) in [6.45, 7) is 4.74. The van der Waals surface area contributed by atoms with E-state index in [2.05, 4.69) is 37.9 Å². The van der Waals surface area contributed by atoms with Crippen molar-refractivity contribution in [1.29, 1.82) is 0 Å². The molecule has 0 amide bonds. The van der Waals surface area contributed by atoms with Gasteiger partial charge in [0.2, 0.25) is 0 Å². The van der Waals surface area contributed by atoms with Gasteiger partial charge in [0.05, 0.1) is 29.4 Å². The van der Waals surface area contributed by atoms with Crippen molar-refractivity contribution in [3.63, 3.8) is 0 Å². The second-order valence-corrected chi connectivity index (χ2v) is 7.27. The predicted octanol–water partition coefficient (Wildman–Crippen LogP) is 4.44. The molecule has 0 bridgehead atoms. The normalized spacial score (nSPS) is 15.3. The molecule has 2 aromatic rings. The SMILES string of the molecule is COc1cc(OC)c(CN2CCN(c3ccccc3Cl)CC2)cc1Br. The van der Waals surface area contributed by atoms with E-state index in [1.807, 2.05) is 24.3 Å². The van der Waals surface area contributed by atoms with Gasteiger partial charge in [-0.15, -0.1) is 0 Å². The Balaban J connectivity index is 1.66. The van der Waals surface area contributed by atoms with Crippen LogP contribution in [-0.4, -0.2) is 45.3 Å². The quantitative estimate of drug-likeness (QED) is 0.707. The van der Waals surface area contributed by atoms with Crippen LogP contribution in [0.3, 0.4) is 0 Å². The Kier molecular flexibility index (Phi) is 6.10. The van der Waals surface area contributed by atoms with E-state index >= 15 is 0 Å². The summed E-state index contributed by atoms with van der Waals surface area (Å²) in [4.78, 5) is 4.78. The van der Waals surface area contributed by atoms with Crippen molar-refractivity contribution in [2.24, 2.45) is 0 Å². The fraction of sp³-hybridized carbons (Fsp3) is 0.368. The molecule has 1 heterocycles. The van der Waals surface area contributed by atoms with Gasteiger partial charge >= 0.3 is 0 Å². The van der Waals surface area contributed by atoms with Crippen molar-refractivity contribution in [1.82, 2.24) is 4.90 Å². The van der Waals surface area contributed by atoms with Crippen LogP contribution in [0.5, 0.6) is 11.5 Å². The van der Waals surface area contributed by atoms with E-state index in [4.69, 9.17) is 21.1 Å². The maximum atomic E-state index is 6.32. The third kappa shape index (κ3) is 4.22. The zero-order valence-corrected chi connectivity index (χ0v) is 16.8. The molecule has 0 unspecified atom stereocenters. The molecule has 4 nitrogen and oxygen atoms in total. The van der Waals surface area contributed by atoms with Crippen LogP contribution in [0.4, 0.5) is 5.69 Å². The summed E-state index contributed by atoms with van der Waals surface area (Å²) in [5.74, 6) is 1.64. The minimum Gasteiger partial charge on any atom is -0.496 e. The van der Waals surface area contributed by atoms with Crippen molar-refractivity contribution in [2.45, 2.75) is 6.54 Å². The average Bonchev–Trinajstić information content (AvgIpc) is 2.63. The molecule has 1 aliphatic rings. The molecule has 6 heteroatoms. The summed E-state index contributed by atoms with van der Waals surface area (Å²) in [7, 11) is 3.36. The Bertz CT molecular complexity index is 733. The Morgan fingerprint density at radius 2 is 1.68 bits per heavy atom. The van der Waals surface area contributed by atoms with Crippen molar-refractivity contribution in [2.75, 3.05) is 45.3 Å². The van der Waals surface area contributed by atoms with Gasteiger partial charge in [0.1, 0.15) is 11.5 Å². The molecule has 0 aliphatic carbocycles. The second kappa shape index (κ2) is 8.30. The summed E-state index contributed by atoms with van der Waals surface area (Å²) in [5, 5.41) is 0.816. The third-order valence-corrected chi connectivity index (χ3v) is 5.45. The van der Waals surface area contributed by atoms with E-state index in [0.717, 1.165) is 65.0 Å². The highest BCUT2D eigenvalue weighted by Gasteiger charge is 2.20. The van der Waals surface area contributed by atoms with Gasteiger partial charge in [-0.2, -0.15) is 0 Å². The lowest BCUT2D eigenvalue weighted by Gasteiger charge is -2.36. The number of methoxy groups -OCH3 is 2. The number of hydrogen-bond donors (Lipinski definition) is 0. The van der Waals surface area contributed by atoms with E-state index in [9.17, 15) is 0 Å². The summed E-state index contributed by atoms with van der Waals surface area (Å²) in [6, 6.07) is 12.0. The molecule has 1 aliphatic heterocycles. The van der Waals surface area contributed by atoms with Gasteiger partial charge in [-0.25, -0.2) is 0 Å². The number of piperazine rings is 1. The second-order valence-electron chi connectivity index (χ2n) is 6.01. The number of para-hydroxylation sites is 1. The van der Waals surface area contributed by atoms with Crippen LogP contribution in [0.2, 0.25) is 5.02 Å². The summed E-state index contributed by atoms with van der Waals surface area (Å²) < 4.78 is 11.8. The van der Waals surface area contributed by atoms with E-state index in [1.54, 1.807) is 14.2 Å². The first-order chi connectivity index (χ1) is 12.1. The van der Waals surface area contributed by atoms with Crippen LogP contribution < -0.4 is 14.4 Å². The number of hydrogen-bond acceptors (Lipinski definition) is 4. The molecule has 3 rings (SSSR count). The average molecular weight is 426 g/mol.